The Bertz CT molecular complexity index is 967. The summed E-state index contributed by atoms with van der Waals surface area (Å²) in [6.45, 7) is 1.91. The van der Waals surface area contributed by atoms with Crippen LogP contribution in [-0.4, -0.2) is 37.1 Å². The molecule has 3 rings (SSSR count). The number of carbonyl (C=O) groups is 1. The van der Waals surface area contributed by atoms with E-state index in [-0.39, 0.29) is 0 Å². The zero-order valence-electron chi connectivity index (χ0n) is 16.1. The van der Waals surface area contributed by atoms with Gasteiger partial charge in [-0.15, -0.1) is 5.10 Å². The topological polar surface area (TPSA) is 86.6 Å². The molecule has 0 aliphatic carbocycles. The van der Waals surface area contributed by atoms with Crippen molar-refractivity contribution in [1.29, 1.82) is 0 Å². The first kappa shape index (κ1) is 19.1. The summed E-state index contributed by atoms with van der Waals surface area (Å²) in [4.78, 5) is 12.4. The predicted molar refractivity (Wildman–Crippen MR) is 107 cm³/mol. The molecule has 2 aromatic carbocycles. The Morgan fingerprint density at radius 1 is 0.893 bits per heavy atom. The second kappa shape index (κ2) is 8.34. The van der Waals surface area contributed by atoms with Crippen LogP contribution in [0, 0.1) is 6.92 Å². The van der Waals surface area contributed by atoms with Gasteiger partial charge in [-0.05, 0) is 43.3 Å². The van der Waals surface area contributed by atoms with Gasteiger partial charge < -0.3 is 19.5 Å². The third-order valence-corrected chi connectivity index (χ3v) is 4.10. The SMILES string of the molecule is COc1ccc(-n2nc(NC(=O)Nc3ccc(OC)cc3OC)cc2C)cc1. The lowest BCUT2D eigenvalue weighted by Crippen LogP contribution is -2.20. The quantitative estimate of drug-likeness (QED) is 0.676. The molecule has 0 aliphatic rings. The summed E-state index contributed by atoms with van der Waals surface area (Å²) >= 11 is 0. The number of aromatic nitrogens is 2. The first-order chi connectivity index (χ1) is 13.5. The average Bonchev–Trinajstić information content (AvgIpc) is 3.08. The van der Waals surface area contributed by atoms with Gasteiger partial charge in [0, 0.05) is 17.8 Å². The van der Waals surface area contributed by atoms with Crippen molar-refractivity contribution in [3.05, 3.63) is 54.2 Å². The molecule has 28 heavy (non-hydrogen) atoms. The molecule has 8 nitrogen and oxygen atoms in total. The van der Waals surface area contributed by atoms with Gasteiger partial charge in [-0.3, -0.25) is 5.32 Å². The lowest BCUT2D eigenvalue weighted by molar-refractivity contribution is 0.262. The van der Waals surface area contributed by atoms with Gasteiger partial charge >= 0.3 is 6.03 Å². The lowest BCUT2D eigenvalue weighted by atomic mass is 10.2. The summed E-state index contributed by atoms with van der Waals surface area (Å²) < 4.78 is 17.4. The second-order valence-corrected chi connectivity index (χ2v) is 5.93. The second-order valence-electron chi connectivity index (χ2n) is 5.93. The van der Waals surface area contributed by atoms with Gasteiger partial charge in [-0.25, -0.2) is 9.48 Å². The molecule has 2 amide bonds. The highest BCUT2D eigenvalue weighted by molar-refractivity contribution is 6.00. The number of nitrogens with zero attached hydrogens (tertiary/aromatic N) is 2. The summed E-state index contributed by atoms with van der Waals surface area (Å²) in [7, 11) is 4.71. The van der Waals surface area contributed by atoms with Crippen molar-refractivity contribution < 1.29 is 19.0 Å². The Balaban J connectivity index is 1.73. The van der Waals surface area contributed by atoms with E-state index in [9.17, 15) is 4.79 Å². The van der Waals surface area contributed by atoms with Crippen LogP contribution in [-0.2, 0) is 0 Å². The fraction of sp³-hybridized carbons (Fsp3) is 0.200. The molecule has 0 saturated carbocycles. The van der Waals surface area contributed by atoms with Crippen LogP contribution in [0.1, 0.15) is 5.69 Å². The zero-order valence-corrected chi connectivity index (χ0v) is 16.1. The number of hydrogen-bond donors (Lipinski definition) is 2. The predicted octanol–water partition coefficient (Wildman–Crippen LogP) is 3.85. The Labute approximate surface area is 163 Å². The van der Waals surface area contributed by atoms with Gasteiger partial charge in [0.2, 0.25) is 0 Å². The van der Waals surface area contributed by atoms with E-state index in [1.54, 1.807) is 43.2 Å². The van der Waals surface area contributed by atoms with Crippen LogP contribution in [0.5, 0.6) is 17.2 Å². The molecule has 0 unspecified atom stereocenters. The third kappa shape index (κ3) is 4.17. The lowest BCUT2D eigenvalue weighted by Gasteiger charge is -2.11. The summed E-state index contributed by atoms with van der Waals surface area (Å²) in [6.07, 6.45) is 0. The normalized spacial score (nSPS) is 10.3. The number of benzene rings is 2. The molecular formula is C20H22N4O4. The molecule has 0 bridgehead atoms. The number of methoxy groups -OCH3 is 3. The minimum absolute atomic E-state index is 0.428. The van der Waals surface area contributed by atoms with Crippen LogP contribution in [0.3, 0.4) is 0 Å². The van der Waals surface area contributed by atoms with Gasteiger partial charge in [0.15, 0.2) is 5.82 Å². The standard InChI is InChI=1S/C20H22N4O4/c1-13-11-19(23-24(13)14-5-7-15(26-2)8-6-14)22-20(25)21-17-10-9-16(27-3)12-18(17)28-4/h5-12H,1-4H3,(H2,21,22,23,25). The van der Waals surface area contributed by atoms with E-state index in [4.69, 9.17) is 14.2 Å². The molecule has 146 valence electrons. The number of rotatable bonds is 6. The van der Waals surface area contributed by atoms with Crippen molar-refractivity contribution in [2.75, 3.05) is 32.0 Å². The van der Waals surface area contributed by atoms with Crippen LogP contribution in [0.2, 0.25) is 0 Å². The molecule has 0 radical (unpaired) electrons. The number of nitrogens with one attached hydrogen (secondary N) is 2. The first-order valence-corrected chi connectivity index (χ1v) is 8.55. The third-order valence-electron chi connectivity index (χ3n) is 4.10. The highest BCUT2D eigenvalue weighted by atomic mass is 16.5. The molecule has 0 saturated heterocycles. The van der Waals surface area contributed by atoms with Crippen LogP contribution >= 0.6 is 0 Å². The Morgan fingerprint density at radius 2 is 1.57 bits per heavy atom. The molecular weight excluding hydrogens is 360 g/mol. The minimum Gasteiger partial charge on any atom is -0.497 e. The Hall–Kier alpha value is -3.68. The molecule has 1 aromatic heterocycles. The number of ether oxygens (including phenoxy) is 3. The van der Waals surface area contributed by atoms with Gasteiger partial charge in [-0.2, -0.15) is 0 Å². The summed E-state index contributed by atoms with van der Waals surface area (Å²) in [5.41, 5.74) is 2.26. The van der Waals surface area contributed by atoms with Crippen LogP contribution in [0.25, 0.3) is 5.69 Å². The van der Waals surface area contributed by atoms with E-state index in [1.165, 1.54) is 7.11 Å². The summed E-state index contributed by atoms with van der Waals surface area (Å²) in [6, 6.07) is 14.0. The number of urea groups is 1. The van der Waals surface area contributed by atoms with Crippen LogP contribution < -0.4 is 24.8 Å². The molecule has 0 spiro atoms. The number of amides is 2. The van der Waals surface area contributed by atoms with Gasteiger partial charge in [0.05, 0.1) is 32.7 Å². The van der Waals surface area contributed by atoms with Crippen LogP contribution in [0.15, 0.2) is 48.5 Å². The highest BCUT2D eigenvalue weighted by Gasteiger charge is 2.12. The smallest absolute Gasteiger partial charge is 0.325 e. The van der Waals surface area contributed by atoms with E-state index in [2.05, 4.69) is 15.7 Å². The van der Waals surface area contributed by atoms with Crippen molar-refractivity contribution >= 4 is 17.5 Å². The maximum Gasteiger partial charge on any atom is 0.325 e. The summed E-state index contributed by atoms with van der Waals surface area (Å²) in [5.74, 6) is 2.32. The maximum atomic E-state index is 12.4. The molecule has 2 N–H and O–H groups in total. The molecule has 8 heteroatoms. The van der Waals surface area contributed by atoms with E-state index in [0.29, 0.717) is 23.0 Å². The Kier molecular flexibility index (Phi) is 5.69. The number of aryl methyl sites for hydroxylation is 1. The molecule has 0 aliphatic heterocycles. The largest absolute Gasteiger partial charge is 0.497 e. The van der Waals surface area contributed by atoms with Crippen LogP contribution in [0.4, 0.5) is 16.3 Å². The van der Waals surface area contributed by atoms with Gasteiger partial charge in [0.25, 0.3) is 0 Å². The summed E-state index contributed by atoms with van der Waals surface area (Å²) in [5, 5.41) is 9.92. The molecule has 0 fully saturated rings. The fourth-order valence-electron chi connectivity index (χ4n) is 2.69. The van der Waals surface area contributed by atoms with Crippen molar-refractivity contribution in [2.45, 2.75) is 6.92 Å². The van der Waals surface area contributed by atoms with E-state index >= 15 is 0 Å². The van der Waals surface area contributed by atoms with E-state index in [0.717, 1.165) is 17.1 Å². The monoisotopic (exact) mass is 382 g/mol. The van der Waals surface area contributed by atoms with Gasteiger partial charge in [-0.1, -0.05) is 0 Å². The molecule has 3 aromatic rings. The average molecular weight is 382 g/mol. The van der Waals surface area contributed by atoms with E-state index in [1.807, 2.05) is 31.2 Å². The number of hydrogen-bond acceptors (Lipinski definition) is 5. The molecule has 0 atom stereocenters. The van der Waals surface area contributed by atoms with Crippen molar-refractivity contribution in [2.24, 2.45) is 0 Å². The van der Waals surface area contributed by atoms with Crippen molar-refractivity contribution in [3.8, 4) is 22.9 Å². The fourth-order valence-corrected chi connectivity index (χ4v) is 2.69. The molecule has 1 heterocycles. The van der Waals surface area contributed by atoms with E-state index < -0.39 is 6.03 Å². The minimum atomic E-state index is -0.428. The van der Waals surface area contributed by atoms with Crippen molar-refractivity contribution in [3.63, 3.8) is 0 Å². The first-order valence-electron chi connectivity index (χ1n) is 8.55. The Morgan fingerprint density at radius 3 is 2.21 bits per heavy atom. The van der Waals surface area contributed by atoms with Gasteiger partial charge in [0.1, 0.15) is 17.2 Å². The number of anilines is 2. The van der Waals surface area contributed by atoms with Crippen molar-refractivity contribution in [1.82, 2.24) is 9.78 Å². The zero-order chi connectivity index (χ0) is 20.1. The highest BCUT2D eigenvalue weighted by Crippen LogP contribution is 2.29. The number of carbonyl (C=O) groups excluding carboxylic acids is 1. The maximum absolute atomic E-state index is 12.4.